The number of rotatable bonds is 7. The van der Waals surface area contributed by atoms with Gasteiger partial charge in [0.2, 0.25) is 0 Å². The van der Waals surface area contributed by atoms with Crippen molar-refractivity contribution >= 4 is 35.8 Å². The van der Waals surface area contributed by atoms with E-state index in [0.29, 0.717) is 12.6 Å². The third kappa shape index (κ3) is 7.75. The molecular formula is C23H35IN6. The molecular weight excluding hydrogens is 487 g/mol. The second kappa shape index (κ2) is 12.7. The van der Waals surface area contributed by atoms with E-state index in [1.165, 1.54) is 18.4 Å². The van der Waals surface area contributed by atoms with Crippen molar-refractivity contribution in [3.05, 3.63) is 59.8 Å². The number of guanidine groups is 1. The Bertz CT molecular complexity index is 780. The van der Waals surface area contributed by atoms with Gasteiger partial charge < -0.3 is 15.5 Å². The second-order valence-electron chi connectivity index (χ2n) is 7.78. The van der Waals surface area contributed by atoms with E-state index in [0.717, 1.165) is 43.7 Å². The molecule has 0 aliphatic carbocycles. The first-order valence-corrected chi connectivity index (χ1v) is 10.6. The molecule has 3 rings (SSSR count). The lowest BCUT2D eigenvalue weighted by Crippen LogP contribution is -2.51. The predicted molar refractivity (Wildman–Crippen MR) is 137 cm³/mol. The molecule has 1 aromatic carbocycles. The highest BCUT2D eigenvalue weighted by Gasteiger charge is 2.20. The van der Waals surface area contributed by atoms with Gasteiger partial charge in [0.05, 0.1) is 12.2 Å². The fraction of sp³-hybridized carbons (Fsp3) is 0.478. The van der Waals surface area contributed by atoms with Crippen LogP contribution >= 0.6 is 24.0 Å². The van der Waals surface area contributed by atoms with E-state index in [2.05, 4.69) is 57.8 Å². The summed E-state index contributed by atoms with van der Waals surface area (Å²) in [5.74, 6) is 1.83. The van der Waals surface area contributed by atoms with E-state index in [1.54, 1.807) is 0 Å². The molecule has 0 saturated carbocycles. The zero-order valence-electron chi connectivity index (χ0n) is 18.3. The molecule has 1 aliphatic rings. The summed E-state index contributed by atoms with van der Waals surface area (Å²) in [4.78, 5) is 14.0. The minimum Gasteiger partial charge on any atom is -0.363 e. The highest BCUT2D eigenvalue weighted by molar-refractivity contribution is 14.0. The fourth-order valence-electron chi connectivity index (χ4n) is 3.64. The first-order chi connectivity index (χ1) is 14.1. The zero-order chi connectivity index (χ0) is 20.5. The van der Waals surface area contributed by atoms with Crippen LogP contribution in [0.4, 0.5) is 5.82 Å². The minimum absolute atomic E-state index is 0. The van der Waals surface area contributed by atoms with Gasteiger partial charge in [-0.1, -0.05) is 36.4 Å². The van der Waals surface area contributed by atoms with Crippen molar-refractivity contribution in [2.75, 3.05) is 38.6 Å². The number of hydrogen-bond acceptors (Lipinski definition) is 4. The van der Waals surface area contributed by atoms with Crippen molar-refractivity contribution < 1.29 is 0 Å². The number of halogens is 1. The molecule has 2 heterocycles. The Balaban J connectivity index is 0.00000320. The van der Waals surface area contributed by atoms with Crippen LogP contribution < -0.4 is 15.5 Å². The van der Waals surface area contributed by atoms with Crippen LogP contribution in [0.2, 0.25) is 0 Å². The van der Waals surface area contributed by atoms with E-state index in [1.807, 2.05) is 37.2 Å². The normalized spacial score (nSPS) is 17.2. The molecule has 7 heteroatoms. The number of aliphatic imine (C=N–C) groups is 1. The van der Waals surface area contributed by atoms with Gasteiger partial charge in [-0.3, -0.25) is 4.90 Å². The van der Waals surface area contributed by atoms with Crippen LogP contribution in [0.1, 0.15) is 31.0 Å². The van der Waals surface area contributed by atoms with Crippen LogP contribution in [0, 0.1) is 0 Å². The monoisotopic (exact) mass is 522 g/mol. The van der Waals surface area contributed by atoms with Crippen molar-refractivity contribution in [2.45, 2.75) is 38.9 Å². The number of likely N-dealkylation sites (tertiary alicyclic amines) is 1. The summed E-state index contributed by atoms with van der Waals surface area (Å²) in [5, 5.41) is 7.02. The maximum Gasteiger partial charge on any atom is 0.191 e. The summed E-state index contributed by atoms with van der Waals surface area (Å²) in [5.41, 5.74) is 2.35. The van der Waals surface area contributed by atoms with E-state index >= 15 is 0 Å². The average molecular weight is 522 g/mol. The van der Waals surface area contributed by atoms with E-state index in [4.69, 9.17) is 4.99 Å². The standard InChI is InChI=1S/C23H34N6.HI/c1-4-24-23(25-16-20-12-8-14-22(26-20)28(2)3)27-21-13-9-15-29(18-21)17-19-10-6-5-7-11-19;/h5-8,10-12,14,21H,4,9,13,15-18H2,1-3H3,(H2,24,25,27);1H. The van der Waals surface area contributed by atoms with E-state index in [9.17, 15) is 0 Å². The largest absolute Gasteiger partial charge is 0.363 e. The van der Waals surface area contributed by atoms with E-state index in [-0.39, 0.29) is 24.0 Å². The maximum atomic E-state index is 4.78. The summed E-state index contributed by atoms with van der Waals surface area (Å²) >= 11 is 0. The highest BCUT2D eigenvalue weighted by Crippen LogP contribution is 2.14. The summed E-state index contributed by atoms with van der Waals surface area (Å²) in [6.07, 6.45) is 2.38. The number of nitrogens with zero attached hydrogens (tertiary/aromatic N) is 4. The molecule has 164 valence electrons. The number of anilines is 1. The Morgan fingerprint density at radius 1 is 1.17 bits per heavy atom. The molecule has 1 aromatic heterocycles. The number of nitrogens with one attached hydrogen (secondary N) is 2. The lowest BCUT2D eigenvalue weighted by molar-refractivity contribution is 0.192. The topological polar surface area (TPSA) is 55.8 Å². The van der Waals surface area contributed by atoms with Crippen LogP contribution in [0.25, 0.3) is 0 Å². The Morgan fingerprint density at radius 2 is 1.97 bits per heavy atom. The molecule has 0 radical (unpaired) electrons. The number of aromatic nitrogens is 1. The minimum atomic E-state index is 0. The molecule has 2 N–H and O–H groups in total. The SMILES string of the molecule is CCNC(=NCc1cccc(N(C)C)n1)NC1CCCN(Cc2ccccc2)C1.I. The summed E-state index contributed by atoms with van der Waals surface area (Å²) in [6, 6.07) is 17.2. The van der Waals surface area contributed by atoms with Crippen LogP contribution in [-0.4, -0.2) is 55.6 Å². The van der Waals surface area contributed by atoms with Crippen molar-refractivity contribution in [1.29, 1.82) is 0 Å². The Morgan fingerprint density at radius 3 is 2.70 bits per heavy atom. The second-order valence-corrected chi connectivity index (χ2v) is 7.78. The summed E-state index contributed by atoms with van der Waals surface area (Å²) < 4.78 is 0. The predicted octanol–water partition coefficient (Wildman–Crippen LogP) is 3.49. The molecule has 0 bridgehead atoms. The van der Waals surface area contributed by atoms with Gasteiger partial charge in [0, 0.05) is 39.8 Å². The Labute approximate surface area is 198 Å². The first-order valence-electron chi connectivity index (χ1n) is 10.6. The average Bonchev–Trinajstić information content (AvgIpc) is 2.73. The molecule has 1 unspecified atom stereocenters. The smallest absolute Gasteiger partial charge is 0.191 e. The first kappa shape index (κ1) is 24.4. The van der Waals surface area contributed by atoms with Crippen molar-refractivity contribution in [3.8, 4) is 0 Å². The highest BCUT2D eigenvalue weighted by atomic mass is 127. The molecule has 1 atom stereocenters. The van der Waals surface area contributed by atoms with Crippen LogP contribution in [0.15, 0.2) is 53.5 Å². The van der Waals surface area contributed by atoms with Crippen molar-refractivity contribution in [1.82, 2.24) is 20.5 Å². The summed E-state index contributed by atoms with van der Waals surface area (Å²) in [6.45, 7) is 6.71. The molecule has 2 aromatic rings. The molecule has 30 heavy (non-hydrogen) atoms. The zero-order valence-corrected chi connectivity index (χ0v) is 20.7. The maximum absolute atomic E-state index is 4.78. The fourth-order valence-corrected chi connectivity index (χ4v) is 3.64. The summed E-state index contributed by atoms with van der Waals surface area (Å²) in [7, 11) is 4.01. The lowest BCUT2D eigenvalue weighted by Gasteiger charge is -2.34. The van der Waals surface area contributed by atoms with Crippen molar-refractivity contribution in [3.63, 3.8) is 0 Å². The lowest BCUT2D eigenvalue weighted by atomic mass is 10.0. The van der Waals surface area contributed by atoms with Gasteiger partial charge in [0.25, 0.3) is 0 Å². The van der Waals surface area contributed by atoms with Gasteiger partial charge in [-0.2, -0.15) is 0 Å². The Hall–Kier alpha value is -1.87. The van der Waals surface area contributed by atoms with Gasteiger partial charge in [-0.05, 0) is 44.0 Å². The van der Waals surface area contributed by atoms with Crippen LogP contribution in [-0.2, 0) is 13.1 Å². The van der Waals surface area contributed by atoms with Gasteiger partial charge in [-0.15, -0.1) is 24.0 Å². The number of pyridine rings is 1. The third-order valence-electron chi connectivity index (χ3n) is 5.09. The van der Waals surface area contributed by atoms with E-state index < -0.39 is 0 Å². The molecule has 0 amide bonds. The number of piperidine rings is 1. The van der Waals surface area contributed by atoms with Crippen LogP contribution in [0.3, 0.4) is 0 Å². The number of benzene rings is 1. The van der Waals surface area contributed by atoms with Crippen LogP contribution in [0.5, 0.6) is 0 Å². The molecule has 1 saturated heterocycles. The Kier molecular flexibility index (Phi) is 10.4. The molecule has 0 spiro atoms. The molecule has 1 aliphatic heterocycles. The van der Waals surface area contributed by atoms with Gasteiger partial charge >= 0.3 is 0 Å². The quantitative estimate of drug-likeness (QED) is 0.332. The molecule has 1 fully saturated rings. The molecule has 6 nitrogen and oxygen atoms in total. The van der Waals surface area contributed by atoms with Gasteiger partial charge in [0.15, 0.2) is 5.96 Å². The van der Waals surface area contributed by atoms with Crippen molar-refractivity contribution in [2.24, 2.45) is 4.99 Å². The third-order valence-corrected chi connectivity index (χ3v) is 5.09. The van der Waals surface area contributed by atoms with Gasteiger partial charge in [0.1, 0.15) is 5.82 Å². The van der Waals surface area contributed by atoms with Gasteiger partial charge in [-0.25, -0.2) is 9.98 Å². The number of hydrogen-bond donors (Lipinski definition) is 2.